The van der Waals surface area contributed by atoms with Gasteiger partial charge in [0.05, 0.1) is 12.2 Å². The Morgan fingerprint density at radius 1 is 1.00 bits per heavy atom. The summed E-state index contributed by atoms with van der Waals surface area (Å²) in [5.41, 5.74) is 0.749. The van der Waals surface area contributed by atoms with Crippen LogP contribution in [0.25, 0.3) is 0 Å². The van der Waals surface area contributed by atoms with Crippen LogP contribution in [0.3, 0.4) is 0 Å². The average molecular weight is 168 g/mol. The molecule has 70 valence electrons. The Morgan fingerprint density at radius 2 is 1.67 bits per heavy atom. The van der Waals surface area contributed by atoms with Crippen molar-refractivity contribution in [3.63, 3.8) is 0 Å². The highest BCUT2D eigenvalue weighted by Crippen LogP contribution is 2.46. The van der Waals surface area contributed by atoms with Gasteiger partial charge in [-0.3, -0.25) is 0 Å². The van der Waals surface area contributed by atoms with Crippen LogP contribution in [0.1, 0.15) is 52.4 Å². The molecule has 1 spiro atoms. The van der Waals surface area contributed by atoms with Crippen molar-refractivity contribution in [1.82, 2.24) is 0 Å². The van der Waals surface area contributed by atoms with Gasteiger partial charge in [0.1, 0.15) is 0 Å². The van der Waals surface area contributed by atoms with Crippen molar-refractivity contribution in [2.24, 2.45) is 5.41 Å². The van der Waals surface area contributed by atoms with Gasteiger partial charge >= 0.3 is 0 Å². The van der Waals surface area contributed by atoms with E-state index in [1.54, 1.807) is 0 Å². The lowest BCUT2D eigenvalue weighted by molar-refractivity contribution is -0.0256. The molecular weight excluding hydrogens is 148 g/mol. The molecule has 0 amide bonds. The van der Waals surface area contributed by atoms with E-state index in [2.05, 4.69) is 13.8 Å². The van der Waals surface area contributed by atoms with E-state index < -0.39 is 0 Å². The number of rotatable bonds is 0. The van der Waals surface area contributed by atoms with E-state index in [0.717, 1.165) is 6.61 Å². The molecule has 0 bridgehead atoms. The maximum absolute atomic E-state index is 6.00. The van der Waals surface area contributed by atoms with Gasteiger partial charge in [-0.25, -0.2) is 0 Å². The Bertz CT molecular complexity index is 166. The fraction of sp³-hybridized carbons (Fsp3) is 1.00. The minimum atomic E-state index is 0.307. The molecule has 1 heteroatoms. The van der Waals surface area contributed by atoms with E-state index in [0.29, 0.717) is 11.0 Å². The van der Waals surface area contributed by atoms with Crippen LogP contribution in [0.2, 0.25) is 0 Å². The van der Waals surface area contributed by atoms with Crippen LogP contribution < -0.4 is 0 Å². The SMILES string of the molecule is CC1(C)COC2(CCCCC2)C1. The van der Waals surface area contributed by atoms with E-state index in [1.165, 1.54) is 38.5 Å². The van der Waals surface area contributed by atoms with E-state index >= 15 is 0 Å². The predicted molar refractivity (Wildman–Crippen MR) is 50.2 cm³/mol. The third-order valence-electron chi connectivity index (χ3n) is 3.33. The van der Waals surface area contributed by atoms with E-state index in [1.807, 2.05) is 0 Å². The summed E-state index contributed by atoms with van der Waals surface area (Å²) in [5, 5.41) is 0. The normalized spacial score (nSPS) is 32.5. The highest BCUT2D eigenvalue weighted by molar-refractivity contribution is 4.94. The molecular formula is C11H20O. The van der Waals surface area contributed by atoms with Crippen LogP contribution in [-0.2, 0) is 4.74 Å². The first-order valence-corrected chi connectivity index (χ1v) is 5.26. The molecule has 1 aliphatic heterocycles. The molecule has 0 aromatic carbocycles. The highest BCUT2D eigenvalue weighted by Gasteiger charge is 2.44. The molecule has 0 N–H and O–H groups in total. The van der Waals surface area contributed by atoms with Gasteiger partial charge in [-0.2, -0.15) is 0 Å². The van der Waals surface area contributed by atoms with Crippen molar-refractivity contribution in [2.45, 2.75) is 58.0 Å². The second kappa shape index (κ2) is 2.73. The Balaban J connectivity index is 2.03. The van der Waals surface area contributed by atoms with Gasteiger partial charge in [-0.15, -0.1) is 0 Å². The summed E-state index contributed by atoms with van der Waals surface area (Å²) in [6.07, 6.45) is 8.12. The summed E-state index contributed by atoms with van der Waals surface area (Å²) >= 11 is 0. The van der Waals surface area contributed by atoms with Crippen LogP contribution in [0.15, 0.2) is 0 Å². The van der Waals surface area contributed by atoms with Gasteiger partial charge in [-0.05, 0) is 24.7 Å². The number of hydrogen-bond donors (Lipinski definition) is 0. The minimum Gasteiger partial charge on any atom is -0.374 e. The molecule has 2 fully saturated rings. The fourth-order valence-electron chi connectivity index (χ4n) is 2.84. The lowest BCUT2D eigenvalue weighted by Gasteiger charge is -2.33. The topological polar surface area (TPSA) is 9.23 Å². The largest absolute Gasteiger partial charge is 0.374 e. The Kier molecular flexibility index (Phi) is 1.95. The second-order valence-corrected chi connectivity index (χ2v) is 5.37. The first-order chi connectivity index (χ1) is 5.62. The van der Waals surface area contributed by atoms with Crippen molar-refractivity contribution in [3.05, 3.63) is 0 Å². The zero-order valence-corrected chi connectivity index (χ0v) is 8.36. The van der Waals surface area contributed by atoms with Gasteiger partial charge in [0.25, 0.3) is 0 Å². The molecule has 1 aliphatic carbocycles. The predicted octanol–water partition coefficient (Wildman–Crippen LogP) is 3.14. The van der Waals surface area contributed by atoms with Crippen LogP contribution in [-0.4, -0.2) is 12.2 Å². The number of hydrogen-bond acceptors (Lipinski definition) is 1. The smallest absolute Gasteiger partial charge is 0.0688 e. The molecule has 0 radical (unpaired) electrons. The van der Waals surface area contributed by atoms with E-state index in [9.17, 15) is 0 Å². The molecule has 1 heterocycles. The minimum absolute atomic E-state index is 0.307. The van der Waals surface area contributed by atoms with Gasteiger partial charge in [-0.1, -0.05) is 33.1 Å². The van der Waals surface area contributed by atoms with Crippen molar-refractivity contribution >= 4 is 0 Å². The molecule has 0 aromatic rings. The number of ether oxygens (including phenoxy) is 1. The zero-order valence-electron chi connectivity index (χ0n) is 8.36. The van der Waals surface area contributed by atoms with Gasteiger partial charge in [0, 0.05) is 0 Å². The molecule has 0 aromatic heterocycles. The van der Waals surface area contributed by atoms with Crippen LogP contribution in [0.4, 0.5) is 0 Å². The van der Waals surface area contributed by atoms with E-state index in [-0.39, 0.29) is 0 Å². The fourth-order valence-corrected chi connectivity index (χ4v) is 2.84. The molecule has 2 aliphatic rings. The average Bonchev–Trinajstić information content (AvgIpc) is 2.29. The van der Waals surface area contributed by atoms with Crippen LogP contribution in [0, 0.1) is 5.41 Å². The van der Waals surface area contributed by atoms with Gasteiger partial charge < -0.3 is 4.74 Å². The first kappa shape index (κ1) is 8.55. The molecule has 0 unspecified atom stereocenters. The Labute approximate surface area is 75.5 Å². The standard InChI is InChI=1S/C11H20O/c1-10(2)8-11(12-9-10)6-4-3-5-7-11/h3-9H2,1-2H3. The summed E-state index contributed by atoms with van der Waals surface area (Å²) in [4.78, 5) is 0. The Morgan fingerprint density at radius 3 is 2.17 bits per heavy atom. The Hall–Kier alpha value is -0.0400. The zero-order chi connectivity index (χ0) is 8.66. The van der Waals surface area contributed by atoms with Crippen molar-refractivity contribution in [1.29, 1.82) is 0 Å². The summed E-state index contributed by atoms with van der Waals surface area (Å²) in [5.74, 6) is 0. The summed E-state index contributed by atoms with van der Waals surface area (Å²) in [6, 6.07) is 0. The van der Waals surface area contributed by atoms with Crippen molar-refractivity contribution in [3.8, 4) is 0 Å². The van der Waals surface area contributed by atoms with Crippen molar-refractivity contribution < 1.29 is 4.74 Å². The van der Waals surface area contributed by atoms with Gasteiger partial charge in [0.15, 0.2) is 0 Å². The monoisotopic (exact) mass is 168 g/mol. The summed E-state index contributed by atoms with van der Waals surface area (Å²) < 4.78 is 6.00. The van der Waals surface area contributed by atoms with Crippen LogP contribution >= 0.6 is 0 Å². The van der Waals surface area contributed by atoms with Crippen molar-refractivity contribution in [2.75, 3.05) is 6.61 Å². The molecule has 1 nitrogen and oxygen atoms in total. The lowest BCUT2D eigenvalue weighted by atomic mass is 9.76. The highest BCUT2D eigenvalue weighted by atomic mass is 16.5. The summed E-state index contributed by atoms with van der Waals surface area (Å²) in [6.45, 7) is 5.64. The molecule has 12 heavy (non-hydrogen) atoms. The maximum Gasteiger partial charge on any atom is 0.0688 e. The van der Waals surface area contributed by atoms with E-state index in [4.69, 9.17) is 4.74 Å². The third kappa shape index (κ3) is 1.52. The van der Waals surface area contributed by atoms with Gasteiger partial charge in [0.2, 0.25) is 0 Å². The third-order valence-corrected chi connectivity index (χ3v) is 3.33. The second-order valence-electron chi connectivity index (χ2n) is 5.37. The molecule has 1 saturated heterocycles. The molecule has 0 atom stereocenters. The quantitative estimate of drug-likeness (QED) is 0.540. The van der Waals surface area contributed by atoms with Crippen LogP contribution in [0.5, 0.6) is 0 Å². The maximum atomic E-state index is 6.00. The lowest BCUT2D eigenvalue weighted by Crippen LogP contribution is -2.31. The molecule has 1 saturated carbocycles. The summed E-state index contributed by atoms with van der Waals surface area (Å²) in [7, 11) is 0. The first-order valence-electron chi connectivity index (χ1n) is 5.26. The molecule has 2 rings (SSSR count).